The number of nitrogens with zero attached hydrogens (tertiary/aromatic N) is 2. The van der Waals surface area contributed by atoms with Crippen LogP contribution in [0.3, 0.4) is 0 Å². The Kier molecular flexibility index (Phi) is 4.46. The summed E-state index contributed by atoms with van der Waals surface area (Å²) in [6.07, 6.45) is 9.58. The lowest BCUT2D eigenvalue weighted by Crippen LogP contribution is -2.47. The standard InChI is InChI=1S/C22H34N2O/c1-23(2)22(19-6-4-3-5-7-19)12-8-20(9-13-22)14-16-24(18-20)17-15-21(25)10-11-21/h3-7,25H,8-18H2,1-2H3. The summed E-state index contributed by atoms with van der Waals surface area (Å²) in [5.41, 5.74) is 1.93. The molecule has 4 rings (SSSR count). The third kappa shape index (κ3) is 3.39. The minimum Gasteiger partial charge on any atom is -0.390 e. The number of hydrogen-bond acceptors (Lipinski definition) is 3. The second-order valence-corrected chi connectivity index (χ2v) is 9.29. The molecule has 138 valence electrons. The van der Waals surface area contributed by atoms with Gasteiger partial charge >= 0.3 is 0 Å². The van der Waals surface area contributed by atoms with Gasteiger partial charge in [0.25, 0.3) is 0 Å². The number of rotatable bonds is 5. The Morgan fingerprint density at radius 3 is 2.24 bits per heavy atom. The zero-order valence-corrected chi connectivity index (χ0v) is 16.0. The fourth-order valence-electron chi connectivity index (χ4n) is 5.32. The average Bonchev–Trinajstić information content (AvgIpc) is 3.23. The van der Waals surface area contributed by atoms with Gasteiger partial charge < -0.3 is 10.0 Å². The summed E-state index contributed by atoms with van der Waals surface area (Å²) in [5.74, 6) is 0. The first kappa shape index (κ1) is 17.5. The molecular weight excluding hydrogens is 308 g/mol. The van der Waals surface area contributed by atoms with Gasteiger partial charge in [0.1, 0.15) is 0 Å². The first-order chi connectivity index (χ1) is 12.0. The fraction of sp³-hybridized carbons (Fsp3) is 0.727. The van der Waals surface area contributed by atoms with E-state index in [1.165, 1.54) is 50.8 Å². The molecule has 0 unspecified atom stereocenters. The first-order valence-corrected chi connectivity index (χ1v) is 10.1. The highest BCUT2D eigenvalue weighted by Crippen LogP contribution is 2.52. The van der Waals surface area contributed by atoms with Crippen LogP contribution >= 0.6 is 0 Å². The van der Waals surface area contributed by atoms with Gasteiger partial charge in [-0.25, -0.2) is 0 Å². The molecule has 2 saturated carbocycles. The molecule has 25 heavy (non-hydrogen) atoms. The van der Waals surface area contributed by atoms with Gasteiger partial charge in [0.05, 0.1) is 5.60 Å². The minimum atomic E-state index is -0.296. The van der Waals surface area contributed by atoms with Crippen molar-refractivity contribution in [3.05, 3.63) is 35.9 Å². The minimum absolute atomic E-state index is 0.211. The van der Waals surface area contributed by atoms with Crippen LogP contribution in [0.25, 0.3) is 0 Å². The fourth-order valence-corrected chi connectivity index (χ4v) is 5.32. The third-order valence-electron chi connectivity index (χ3n) is 7.54. The Morgan fingerprint density at radius 2 is 1.64 bits per heavy atom. The van der Waals surface area contributed by atoms with Crippen molar-refractivity contribution in [1.29, 1.82) is 0 Å². The van der Waals surface area contributed by atoms with Crippen LogP contribution in [0.15, 0.2) is 30.3 Å². The molecule has 0 aromatic heterocycles. The van der Waals surface area contributed by atoms with Crippen molar-refractivity contribution in [3.8, 4) is 0 Å². The van der Waals surface area contributed by atoms with Crippen molar-refractivity contribution < 1.29 is 5.11 Å². The van der Waals surface area contributed by atoms with Gasteiger partial charge in [-0.15, -0.1) is 0 Å². The molecule has 1 saturated heterocycles. The molecule has 0 atom stereocenters. The van der Waals surface area contributed by atoms with Gasteiger partial charge in [-0.1, -0.05) is 30.3 Å². The summed E-state index contributed by atoms with van der Waals surface area (Å²) < 4.78 is 0. The van der Waals surface area contributed by atoms with Crippen molar-refractivity contribution in [2.75, 3.05) is 33.7 Å². The van der Waals surface area contributed by atoms with Crippen molar-refractivity contribution in [1.82, 2.24) is 9.80 Å². The first-order valence-electron chi connectivity index (χ1n) is 10.1. The van der Waals surface area contributed by atoms with Crippen LogP contribution in [0.1, 0.15) is 56.9 Å². The topological polar surface area (TPSA) is 26.7 Å². The predicted molar refractivity (Wildman–Crippen MR) is 103 cm³/mol. The maximum atomic E-state index is 10.1. The molecule has 1 N–H and O–H groups in total. The van der Waals surface area contributed by atoms with E-state index in [-0.39, 0.29) is 11.1 Å². The summed E-state index contributed by atoms with van der Waals surface area (Å²) in [6, 6.07) is 11.1. The molecule has 1 aliphatic heterocycles. The summed E-state index contributed by atoms with van der Waals surface area (Å²) >= 11 is 0. The monoisotopic (exact) mass is 342 g/mol. The Morgan fingerprint density at radius 1 is 0.960 bits per heavy atom. The van der Waals surface area contributed by atoms with Gasteiger partial charge in [0, 0.05) is 18.6 Å². The van der Waals surface area contributed by atoms with Crippen molar-refractivity contribution in [2.24, 2.45) is 5.41 Å². The average molecular weight is 343 g/mol. The number of benzene rings is 1. The summed E-state index contributed by atoms with van der Waals surface area (Å²) in [6.45, 7) is 3.58. The van der Waals surface area contributed by atoms with E-state index in [4.69, 9.17) is 0 Å². The van der Waals surface area contributed by atoms with E-state index in [1.807, 2.05) is 0 Å². The quantitative estimate of drug-likeness (QED) is 0.885. The SMILES string of the molecule is CN(C)C1(c2ccccc2)CCC2(CCN(CCC3(O)CC3)C2)CC1. The zero-order valence-electron chi connectivity index (χ0n) is 16.0. The molecule has 3 heteroatoms. The van der Waals surface area contributed by atoms with Crippen LogP contribution in [0.4, 0.5) is 0 Å². The zero-order chi connectivity index (χ0) is 17.5. The highest BCUT2D eigenvalue weighted by molar-refractivity contribution is 5.26. The summed E-state index contributed by atoms with van der Waals surface area (Å²) in [4.78, 5) is 5.09. The van der Waals surface area contributed by atoms with E-state index in [2.05, 4.69) is 54.2 Å². The second-order valence-electron chi connectivity index (χ2n) is 9.29. The van der Waals surface area contributed by atoms with Crippen molar-refractivity contribution >= 4 is 0 Å². The molecule has 0 amide bonds. The maximum Gasteiger partial charge on any atom is 0.0662 e. The molecule has 3 nitrogen and oxygen atoms in total. The second kappa shape index (κ2) is 6.37. The lowest BCUT2D eigenvalue weighted by Gasteiger charge is -2.49. The van der Waals surface area contributed by atoms with Gasteiger partial charge in [-0.2, -0.15) is 0 Å². The van der Waals surface area contributed by atoms with E-state index in [9.17, 15) is 5.11 Å². The molecule has 0 radical (unpaired) electrons. The molecule has 1 spiro atoms. The van der Waals surface area contributed by atoms with E-state index in [0.29, 0.717) is 5.41 Å². The van der Waals surface area contributed by atoms with Crippen LogP contribution in [-0.4, -0.2) is 54.2 Å². The molecule has 3 aliphatic rings. The Hall–Kier alpha value is -0.900. The maximum absolute atomic E-state index is 10.1. The van der Waals surface area contributed by atoms with Gasteiger partial charge in [-0.3, -0.25) is 4.90 Å². The molecule has 3 fully saturated rings. The van der Waals surface area contributed by atoms with E-state index in [0.717, 1.165) is 25.8 Å². The lowest BCUT2D eigenvalue weighted by atomic mass is 9.64. The number of likely N-dealkylation sites (tertiary alicyclic amines) is 1. The smallest absolute Gasteiger partial charge is 0.0662 e. The highest BCUT2D eigenvalue weighted by atomic mass is 16.3. The summed E-state index contributed by atoms with van der Waals surface area (Å²) in [7, 11) is 4.50. The third-order valence-corrected chi connectivity index (χ3v) is 7.54. The number of hydrogen-bond donors (Lipinski definition) is 1. The van der Waals surface area contributed by atoms with Crippen LogP contribution in [0, 0.1) is 5.41 Å². The van der Waals surface area contributed by atoms with Crippen LogP contribution < -0.4 is 0 Å². The molecule has 1 aromatic carbocycles. The van der Waals surface area contributed by atoms with Crippen molar-refractivity contribution in [3.63, 3.8) is 0 Å². The van der Waals surface area contributed by atoms with E-state index in [1.54, 1.807) is 0 Å². The number of aliphatic hydroxyl groups is 1. The van der Waals surface area contributed by atoms with Gasteiger partial charge in [0.15, 0.2) is 0 Å². The summed E-state index contributed by atoms with van der Waals surface area (Å²) in [5, 5.41) is 10.1. The normalized spacial score (nSPS) is 34.7. The molecular formula is C22H34N2O. The molecule has 1 aromatic rings. The van der Waals surface area contributed by atoms with Gasteiger partial charge in [-0.05, 0) is 83.0 Å². The van der Waals surface area contributed by atoms with Crippen LogP contribution in [0.5, 0.6) is 0 Å². The van der Waals surface area contributed by atoms with Gasteiger partial charge in [0.2, 0.25) is 0 Å². The Labute approximate surface area is 153 Å². The Balaban J connectivity index is 1.40. The van der Waals surface area contributed by atoms with Crippen LogP contribution in [-0.2, 0) is 5.54 Å². The van der Waals surface area contributed by atoms with E-state index < -0.39 is 0 Å². The molecule has 1 heterocycles. The molecule has 0 bridgehead atoms. The predicted octanol–water partition coefficient (Wildman–Crippen LogP) is 3.62. The Bertz CT molecular complexity index is 585. The van der Waals surface area contributed by atoms with Crippen molar-refractivity contribution in [2.45, 2.75) is 62.5 Å². The lowest BCUT2D eigenvalue weighted by molar-refractivity contribution is 0.0370. The van der Waals surface area contributed by atoms with Crippen LogP contribution in [0.2, 0.25) is 0 Å². The highest BCUT2D eigenvalue weighted by Gasteiger charge is 2.48. The largest absolute Gasteiger partial charge is 0.390 e. The molecule has 2 aliphatic carbocycles. The van der Waals surface area contributed by atoms with E-state index >= 15 is 0 Å².